The van der Waals surface area contributed by atoms with Crippen molar-refractivity contribution in [2.45, 2.75) is 46.0 Å². The first kappa shape index (κ1) is 13.1. The van der Waals surface area contributed by atoms with Gasteiger partial charge in [-0.05, 0) is 25.2 Å². The van der Waals surface area contributed by atoms with Crippen LogP contribution in [-0.2, 0) is 6.42 Å². The van der Waals surface area contributed by atoms with Crippen LogP contribution in [0.25, 0.3) is 0 Å². The summed E-state index contributed by atoms with van der Waals surface area (Å²) in [6.45, 7) is 6.66. The Morgan fingerprint density at radius 2 is 2.00 bits per heavy atom. The first-order valence-electron chi connectivity index (χ1n) is 7.10. The minimum atomic E-state index is 0.652. The number of hydrogen-bond donors (Lipinski definition) is 1. The molecule has 4 heteroatoms. The van der Waals surface area contributed by atoms with Crippen molar-refractivity contribution in [3.05, 3.63) is 11.9 Å². The Morgan fingerprint density at radius 3 is 2.61 bits per heavy atom. The van der Waals surface area contributed by atoms with Gasteiger partial charge in [-0.25, -0.2) is 9.97 Å². The maximum Gasteiger partial charge on any atom is 0.137 e. The third kappa shape index (κ3) is 2.74. The number of rotatable bonds is 4. The van der Waals surface area contributed by atoms with Crippen molar-refractivity contribution in [2.75, 3.05) is 23.7 Å². The molecular formula is C14H24N4. The smallest absolute Gasteiger partial charge is 0.137 e. The summed E-state index contributed by atoms with van der Waals surface area (Å²) in [6, 6.07) is 0. The molecule has 1 aromatic heterocycles. The Bertz CT molecular complexity index is 383. The normalized spacial score (nSPS) is 17.1. The fourth-order valence-electron chi connectivity index (χ4n) is 2.73. The summed E-state index contributed by atoms with van der Waals surface area (Å²) in [6.07, 6.45) is 7.47. The molecule has 1 aliphatic rings. The maximum atomic E-state index is 5.99. The zero-order valence-corrected chi connectivity index (χ0v) is 11.5. The molecule has 1 aliphatic heterocycles. The molecule has 0 amide bonds. The quantitative estimate of drug-likeness (QED) is 0.890. The zero-order valence-electron chi connectivity index (χ0n) is 11.5. The van der Waals surface area contributed by atoms with Gasteiger partial charge in [0.05, 0.1) is 0 Å². The first-order valence-corrected chi connectivity index (χ1v) is 7.10. The van der Waals surface area contributed by atoms with E-state index in [1.165, 1.54) is 19.3 Å². The van der Waals surface area contributed by atoms with Crippen LogP contribution in [0, 0.1) is 5.92 Å². The van der Waals surface area contributed by atoms with Crippen molar-refractivity contribution in [1.29, 1.82) is 0 Å². The Balaban J connectivity index is 2.15. The monoisotopic (exact) mass is 248 g/mol. The lowest BCUT2D eigenvalue weighted by atomic mass is 9.94. The van der Waals surface area contributed by atoms with E-state index in [1.807, 2.05) is 0 Å². The van der Waals surface area contributed by atoms with E-state index in [9.17, 15) is 0 Å². The highest BCUT2D eigenvalue weighted by atomic mass is 15.2. The van der Waals surface area contributed by atoms with Gasteiger partial charge in [0.1, 0.15) is 18.0 Å². The third-order valence-electron chi connectivity index (χ3n) is 3.95. The van der Waals surface area contributed by atoms with Crippen LogP contribution in [0.5, 0.6) is 0 Å². The van der Waals surface area contributed by atoms with Gasteiger partial charge in [-0.3, -0.25) is 0 Å². The van der Waals surface area contributed by atoms with Gasteiger partial charge < -0.3 is 10.6 Å². The van der Waals surface area contributed by atoms with Crippen molar-refractivity contribution < 1.29 is 0 Å². The van der Waals surface area contributed by atoms with Crippen LogP contribution in [0.3, 0.4) is 0 Å². The fourth-order valence-corrected chi connectivity index (χ4v) is 2.73. The van der Waals surface area contributed by atoms with Gasteiger partial charge in [0.2, 0.25) is 0 Å². The lowest BCUT2D eigenvalue weighted by Crippen LogP contribution is -2.35. The molecule has 0 aromatic carbocycles. The van der Waals surface area contributed by atoms with E-state index in [4.69, 9.17) is 5.73 Å². The van der Waals surface area contributed by atoms with Crippen LogP contribution in [0.4, 0.5) is 11.6 Å². The molecule has 0 bridgehead atoms. The molecule has 0 atom stereocenters. The number of nitrogens with two attached hydrogens (primary N) is 1. The molecule has 100 valence electrons. The van der Waals surface area contributed by atoms with E-state index in [0.717, 1.165) is 43.2 Å². The summed E-state index contributed by atoms with van der Waals surface area (Å²) in [5.41, 5.74) is 7.12. The summed E-state index contributed by atoms with van der Waals surface area (Å²) in [5, 5.41) is 0. The molecule has 0 saturated carbocycles. The molecule has 18 heavy (non-hydrogen) atoms. The van der Waals surface area contributed by atoms with Crippen LogP contribution in [-0.4, -0.2) is 23.1 Å². The lowest BCUT2D eigenvalue weighted by molar-refractivity contribution is 0.393. The van der Waals surface area contributed by atoms with E-state index >= 15 is 0 Å². The van der Waals surface area contributed by atoms with Gasteiger partial charge in [-0.1, -0.05) is 26.7 Å². The Kier molecular flexibility index (Phi) is 4.39. The minimum absolute atomic E-state index is 0.652. The number of anilines is 2. The van der Waals surface area contributed by atoms with Crippen molar-refractivity contribution in [2.24, 2.45) is 5.92 Å². The van der Waals surface area contributed by atoms with Crippen LogP contribution in [0.2, 0.25) is 0 Å². The highest BCUT2D eigenvalue weighted by Gasteiger charge is 2.21. The number of aromatic nitrogens is 2. The largest absolute Gasteiger partial charge is 0.383 e. The first-order chi connectivity index (χ1) is 8.76. The lowest BCUT2D eigenvalue weighted by Gasteiger charge is -2.33. The van der Waals surface area contributed by atoms with Gasteiger partial charge in [0.25, 0.3) is 0 Å². The van der Waals surface area contributed by atoms with Gasteiger partial charge in [-0.15, -0.1) is 0 Å². The highest BCUT2D eigenvalue weighted by Crippen LogP contribution is 2.28. The van der Waals surface area contributed by atoms with Crippen LogP contribution < -0.4 is 10.6 Å². The van der Waals surface area contributed by atoms with Gasteiger partial charge >= 0.3 is 0 Å². The van der Waals surface area contributed by atoms with E-state index in [1.54, 1.807) is 6.33 Å². The summed E-state index contributed by atoms with van der Waals surface area (Å²) in [4.78, 5) is 11.0. The molecule has 2 N–H and O–H groups in total. The molecule has 0 radical (unpaired) electrons. The van der Waals surface area contributed by atoms with Gasteiger partial charge in [-0.2, -0.15) is 0 Å². The van der Waals surface area contributed by atoms with Gasteiger partial charge in [0, 0.05) is 18.7 Å². The molecular weight excluding hydrogens is 224 g/mol. The Labute approximate surface area is 110 Å². The Hall–Kier alpha value is -1.32. The second-order valence-electron chi connectivity index (χ2n) is 5.15. The molecule has 0 spiro atoms. The van der Waals surface area contributed by atoms with E-state index in [0.29, 0.717) is 5.82 Å². The highest BCUT2D eigenvalue weighted by molar-refractivity contribution is 5.56. The van der Waals surface area contributed by atoms with Crippen LogP contribution in [0.1, 0.15) is 45.1 Å². The Morgan fingerprint density at radius 1 is 1.28 bits per heavy atom. The predicted molar refractivity (Wildman–Crippen MR) is 75.7 cm³/mol. The SMILES string of the molecule is CCCc1c(N)ncnc1N1CCC(CC)CC1. The van der Waals surface area contributed by atoms with E-state index < -0.39 is 0 Å². The van der Waals surface area contributed by atoms with Crippen molar-refractivity contribution in [1.82, 2.24) is 9.97 Å². The van der Waals surface area contributed by atoms with Crippen molar-refractivity contribution >= 4 is 11.6 Å². The number of nitrogens with zero attached hydrogens (tertiary/aromatic N) is 3. The fraction of sp³-hybridized carbons (Fsp3) is 0.714. The second-order valence-corrected chi connectivity index (χ2v) is 5.15. The van der Waals surface area contributed by atoms with Crippen molar-refractivity contribution in [3.63, 3.8) is 0 Å². The number of nitrogen functional groups attached to an aromatic ring is 1. The van der Waals surface area contributed by atoms with Crippen molar-refractivity contribution in [3.8, 4) is 0 Å². The van der Waals surface area contributed by atoms with E-state index in [2.05, 4.69) is 28.7 Å². The molecule has 0 aliphatic carbocycles. The molecule has 1 fully saturated rings. The summed E-state index contributed by atoms with van der Waals surface area (Å²) in [7, 11) is 0. The molecule has 0 unspecified atom stereocenters. The standard InChI is InChI=1S/C14H24N4/c1-3-5-12-13(15)16-10-17-14(12)18-8-6-11(4-2)7-9-18/h10-11H,3-9H2,1-2H3,(H2,15,16,17). The van der Waals surface area contributed by atoms with Crippen LogP contribution >= 0.6 is 0 Å². The van der Waals surface area contributed by atoms with Crippen LogP contribution in [0.15, 0.2) is 6.33 Å². The average molecular weight is 248 g/mol. The average Bonchev–Trinajstić information content (AvgIpc) is 2.41. The molecule has 2 heterocycles. The summed E-state index contributed by atoms with van der Waals surface area (Å²) < 4.78 is 0. The summed E-state index contributed by atoms with van der Waals surface area (Å²) in [5.74, 6) is 2.61. The zero-order chi connectivity index (χ0) is 13.0. The maximum absolute atomic E-state index is 5.99. The molecule has 1 saturated heterocycles. The second kappa shape index (κ2) is 6.03. The predicted octanol–water partition coefficient (Wildman–Crippen LogP) is 2.64. The molecule has 4 nitrogen and oxygen atoms in total. The van der Waals surface area contributed by atoms with E-state index in [-0.39, 0.29) is 0 Å². The number of piperidine rings is 1. The molecule has 1 aromatic rings. The topological polar surface area (TPSA) is 55.0 Å². The third-order valence-corrected chi connectivity index (χ3v) is 3.95. The van der Waals surface area contributed by atoms with Gasteiger partial charge in [0.15, 0.2) is 0 Å². The minimum Gasteiger partial charge on any atom is -0.383 e. The molecule has 2 rings (SSSR count). The summed E-state index contributed by atoms with van der Waals surface area (Å²) >= 11 is 0. The number of hydrogen-bond acceptors (Lipinski definition) is 4.